The zero-order valence-corrected chi connectivity index (χ0v) is 14.4. The average Bonchev–Trinajstić information content (AvgIpc) is 3.22. The van der Waals surface area contributed by atoms with E-state index >= 15 is 0 Å². The van der Waals surface area contributed by atoms with Gasteiger partial charge in [0.1, 0.15) is 16.8 Å². The second kappa shape index (κ2) is 6.78. The first-order valence-corrected chi connectivity index (χ1v) is 8.73. The molecule has 1 aromatic carbocycles. The number of hydrogen-bond donors (Lipinski definition) is 0. The van der Waals surface area contributed by atoms with E-state index in [9.17, 15) is 5.26 Å². The van der Waals surface area contributed by atoms with Gasteiger partial charge in [0.2, 0.25) is 0 Å². The molecule has 3 aromatic rings. The summed E-state index contributed by atoms with van der Waals surface area (Å²) in [6, 6.07) is 12.1. The second-order valence-corrected chi connectivity index (χ2v) is 6.71. The van der Waals surface area contributed by atoms with Crippen LogP contribution in [0, 0.1) is 18.3 Å². The molecule has 0 unspecified atom stereocenters. The fourth-order valence-corrected chi connectivity index (χ4v) is 3.75. The molecule has 0 amide bonds. The van der Waals surface area contributed by atoms with Gasteiger partial charge in [-0.3, -0.25) is 0 Å². The first-order chi connectivity index (χ1) is 11.2. The number of ether oxygens (including phenoxy) is 1. The number of methoxy groups -OCH3 is 1. The SMILES string of the molecule is COc1ccc(-c2csc(C(C#N)=Cc3sccc3C)n2)cc1. The van der Waals surface area contributed by atoms with E-state index in [4.69, 9.17) is 4.74 Å². The van der Waals surface area contributed by atoms with Gasteiger partial charge in [0.05, 0.1) is 18.4 Å². The summed E-state index contributed by atoms with van der Waals surface area (Å²) in [5, 5.41) is 14.2. The molecule has 2 heterocycles. The molecule has 0 aliphatic carbocycles. The number of aromatic nitrogens is 1. The number of rotatable bonds is 4. The van der Waals surface area contributed by atoms with Crippen LogP contribution in [0.2, 0.25) is 0 Å². The van der Waals surface area contributed by atoms with E-state index in [-0.39, 0.29) is 0 Å². The molecule has 0 bridgehead atoms. The number of thiazole rings is 1. The molecule has 23 heavy (non-hydrogen) atoms. The number of aryl methyl sites for hydroxylation is 1. The maximum atomic E-state index is 9.45. The van der Waals surface area contributed by atoms with Crippen LogP contribution in [0.3, 0.4) is 0 Å². The Balaban J connectivity index is 1.92. The van der Waals surface area contributed by atoms with Gasteiger partial charge in [-0.15, -0.1) is 22.7 Å². The van der Waals surface area contributed by atoms with Gasteiger partial charge in [-0.05, 0) is 54.3 Å². The lowest BCUT2D eigenvalue weighted by atomic mass is 10.1. The molecule has 0 radical (unpaired) electrons. The third kappa shape index (κ3) is 3.34. The van der Waals surface area contributed by atoms with E-state index in [2.05, 4.69) is 17.1 Å². The molecule has 0 fully saturated rings. The highest BCUT2D eigenvalue weighted by Gasteiger charge is 2.10. The van der Waals surface area contributed by atoms with Gasteiger partial charge in [-0.2, -0.15) is 5.26 Å². The fourth-order valence-electron chi connectivity index (χ4n) is 2.10. The molecule has 5 heteroatoms. The monoisotopic (exact) mass is 338 g/mol. The molecule has 0 spiro atoms. The first kappa shape index (κ1) is 15.5. The van der Waals surface area contributed by atoms with Crippen molar-refractivity contribution in [2.45, 2.75) is 6.92 Å². The standard InChI is InChI=1S/C18H14N2OS2/c1-12-7-8-22-17(12)9-14(10-19)18-20-16(11-23-18)13-3-5-15(21-2)6-4-13/h3-9,11H,1-2H3. The largest absolute Gasteiger partial charge is 0.497 e. The zero-order valence-electron chi connectivity index (χ0n) is 12.7. The average molecular weight is 338 g/mol. The Morgan fingerprint density at radius 2 is 2.00 bits per heavy atom. The molecule has 0 aliphatic rings. The van der Waals surface area contributed by atoms with Crippen molar-refractivity contribution < 1.29 is 4.74 Å². The highest BCUT2D eigenvalue weighted by atomic mass is 32.1. The number of hydrogen-bond acceptors (Lipinski definition) is 5. The number of allylic oxidation sites excluding steroid dienone is 1. The Morgan fingerprint density at radius 1 is 1.22 bits per heavy atom. The summed E-state index contributed by atoms with van der Waals surface area (Å²) in [6.45, 7) is 2.04. The van der Waals surface area contributed by atoms with E-state index in [1.807, 2.05) is 48.0 Å². The van der Waals surface area contributed by atoms with Gasteiger partial charge in [0, 0.05) is 15.8 Å². The Hall–Kier alpha value is -2.42. The van der Waals surface area contributed by atoms with Crippen LogP contribution in [0.25, 0.3) is 22.9 Å². The number of nitriles is 1. The van der Waals surface area contributed by atoms with Crippen molar-refractivity contribution in [3.8, 4) is 23.1 Å². The number of thiophene rings is 1. The van der Waals surface area contributed by atoms with Crippen LogP contribution in [0.15, 0.2) is 41.1 Å². The fraction of sp³-hybridized carbons (Fsp3) is 0.111. The lowest BCUT2D eigenvalue weighted by molar-refractivity contribution is 0.415. The Bertz CT molecular complexity index is 882. The van der Waals surface area contributed by atoms with Crippen molar-refractivity contribution >= 4 is 34.3 Å². The molecular weight excluding hydrogens is 324 g/mol. The van der Waals surface area contributed by atoms with Gasteiger partial charge in [-0.1, -0.05) is 0 Å². The van der Waals surface area contributed by atoms with Crippen molar-refractivity contribution in [1.29, 1.82) is 5.26 Å². The van der Waals surface area contributed by atoms with Crippen molar-refractivity contribution in [2.24, 2.45) is 0 Å². The van der Waals surface area contributed by atoms with Crippen LogP contribution in [0.5, 0.6) is 5.75 Å². The summed E-state index contributed by atoms with van der Waals surface area (Å²) in [5.41, 5.74) is 3.66. The minimum atomic E-state index is 0.598. The molecule has 3 nitrogen and oxygen atoms in total. The maximum Gasteiger partial charge on any atom is 0.134 e. The summed E-state index contributed by atoms with van der Waals surface area (Å²) in [5.74, 6) is 0.815. The normalized spacial score (nSPS) is 11.3. The summed E-state index contributed by atoms with van der Waals surface area (Å²) in [4.78, 5) is 5.71. The highest BCUT2D eigenvalue weighted by Crippen LogP contribution is 2.29. The Kier molecular flexibility index (Phi) is 4.56. The van der Waals surface area contributed by atoms with E-state index in [1.165, 1.54) is 16.9 Å². The molecule has 0 saturated carbocycles. The quantitative estimate of drug-likeness (QED) is 0.610. The Labute approximate surface area is 143 Å². The molecule has 3 rings (SSSR count). The molecule has 0 aliphatic heterocycles. The van der Waals surface area contributed by atoms with E-state index in [1.54, 1.807) is 18.4 Å². The van der Waals surface area contributed by atoms with Crippen molar-refractivity contribution in [1.82, 2.24) is 4.98 Å². The van der Waals surface area contributed by atoms with Crippen LogP contribution >= 0.6 is 22.7 Å². The second-order valence-electron chi connectivity index (χ2n) is 4.90. The van der Waals surface area contributed by atoms with Gasteiger partial charge < -0.3 is 4.74 Å². The molecule has 2 aromatic heterocycles. The van der Waals surface area contributed by atoms with Gasteiger partial charge in [0.15, 0.2) is 0 Å². The smallest absolute Gasteiger partial charge is 0.134 e. The first-order valence-electron chi connectivity index (χ1n) is 6.97. The van der Waals surface area contributed by atoms with Gasteiger partial charge >= 0.3 is 0 Å². The molecular formula is C18H14N2OS2. The van der Waals surface area contributed by atoms with Gasteiger partial charge in [0.25, 0.3) is 0 Å². The summed E-state index contributed by atoms with van der Waals surface area (Å²) < 4.78 is 5.17. The van der Waals surface area contributed by atoms with Crippen LogP contribution in [0.1, 0.15) is 15.4 Å². The number of benzene rings is 1. The minimum absolute atomic E-state index is 0.598. The predicted molar refractivity (Wildman–Crippen MR) is 96.6 cm³/mol. The predicted octanol–water partition coefficient (Wildman–Crippen LogP) is 5.25. The maximum absolute atomic E-state index is 9.45. The van der Waals surface area contributed by atoms with Crippen LogP contribution in [0.4, 0.5) is 0 Å². The van der Waals surface area contributed by atoms with Gasteiger partial charge in [-0.25, -0.2) is 4.98 Å². The Morgan fingerprint density at radius 3 is 2.61 bits per heavy atom. The minimum Gasteiger partial charge on any atom is -0.497 e. The lowest BCUT2D eigenvalue weighted by Gasteiger charge is -2.00. The topological polar surface area (TPSA) is 45.9 Å². The third-order valence-corrected chi connectivity index (χ3v) is 5.26. The van der Waals surface area contributed by atoms with Crippen molar-refractivity contribution in [3.63, 3.8) is 0 Å². The molecule has 114 valence electrons. The van der Waals surface area contributed by atoms with E-state index in [0.717, 1.165) is 26.9 Å². The number of nitrogens with zero attached hydrogens (tertiary/aromatic N) is 2. The summed E-state index contributed by atoms with van der Waals surface area (Å²) >= 11 is 3.12. The van der Waals surface area contributed by atoms with Crippen LogP contribution in [-0.2, 0) is 0 Å². The molecule has 0 saturated heterocycles. The lowest BCUT2D eigenvalue weighted by Crippen LogP contribution is -1.84. The third-order valence-electron chi connectivity index (χ3n) is 3.42. The molecule has 0 N–H and O–H groups in total. The van der Waals surface area contributed by atoms with Crippen molar-refractivity contribution in [3.05, 3.63) is 56.5 Å². The zero-order chi connectivity index (χ0) is 16.2. The van der Waals surface area contributed by atoms with Crippen molar-refractivity contribution in [2.75, 3.05) is 7.11 Å². The van der Waals surface area contributed by atoms with E-state index < -0.39 is 0 Å². The van der Waals surface area contributed by atoms with Crippen LogP contribution < -0.4 is 4.74 Å². The summed E-state index contributed by atoms with van der Waals surface area (Å²) in [6.07, 6.45) is 1.91. The highest BCUT2D eigenvalue weighted by molar-refractivity contribution is 7.12. The van der Waals surface area contributed by atoms with E-state index in [0.29, 0.717) is 5.57 Å². The van der Waals surface area contributed by atoms with Crippen LogP contribution in [-0.4, -0.2) is 12.1 Å². The summed E-state index contributed by atoms with van der Waals surface area (Å²) in [7, 11) is 1.65. The molecule has 0 atom stereocenters.